The molecule has 1 atom stereocenters. The fourth-order valence-corrected chi connectivity index (χ4v) is 1.36. The quantitative estimate of drug-likeness (QED) is 0.269. The summed E-state index contributed by atoms with van der Waals surface area (Å²) in [4.78, 5) is 11.7. The number of amides is 1. The van der Waals surface area contributed by atoms with Gasteiger partial charge in [0.15, 0.2) is 11.7 Å². The van der Waals surface area contributed by atoms with Gasteiger partial charge in [-0.1, -0.05) is 12.1 Å². The molecule has 0 saturated heterocycles. The molecule has 0 bridgehead atoms. The van der Waals surface area contributed by atoms with Crippen molar-refractivity contribution in [3.05, 3.63) is 12.2 Å². The van der Waals surface area contributed by atoms with Gasteiger partial charge in [0.1, 0.15) is 6.33 Å². The van der Waals surface area contributed by atoms with Crippen LogP contribution >= 0.6 is 0 Å². The molecule has 1 amide bonds. The summed E-state index contributed by atoms with van der Waals surface area (Å²) in [6, 6.07) is 0. The summed E-state index contributed by atoms with van der Waals surface area (Å²) in [6.45, 7) is 2.04. The minimum atomic E-state index is -0.631. The molecule has 0 aliphatic carbocycles. The second kappa shape index (κ2) is 5.83. The largest absolute Gasteiger partial charge is 0.409 e. The van der Waals surface area contributed by atoms with Crippen LogP contribution in [-0.4, -0.2) is 31.7 Å². The zero-order chi connectivity index (χ0) is 12.8. The number of amidine groups is 1. The summed E-state index contributed by atoms with van der Waals surface area (Å²) in [5.74, 6) is -0.394. The molecule has 0 aromatic carbocycles. The number of oxime groups is 1. The summed E-state index contributed by atoms with van der Waals surface area (Å²) in [5, 5.41) is 21.6. The molecule has 8 heteroatoms. The van der Waals surface area contributed by atoms with E-state index in [1.54, 1.807) is 24.9 Å². The summed E-state index contributed by atoms with van der Waals surface area (Å²) < 4.78 is 1.70. The van der Waals surface area contributed by atoms with Gasteiger partial charge in [-0.3, -0.25) is 4.79 Å². The SMILES string of the molecule is CCC(C(=O)NCc1nncn1C)C(N)=NO. The zero-order valence-corrected chi connectivity index (χ0v) is 9.79. The van der Waals surface area contributed by atoms with Crippen LogP contribution in [0.25, 0.3) is 0 Å². The van der Waals surface area contributed by atoms with Crippen molar-refractivity contribution in [3.63, 3.8) is 0 Å². The number of nitrogens with zero attached hydrogens (tertiary/aromatic N) is 4. The van der Waals surface area contributed by atoms with Crippen molar-refractivity contribution in [3.8, 4) is 0 Å². The molecule has 17 heavy (non-hydrogen) atoms. The van der Waals surface area contributed by atoms with Gasteiger partial charge >= 0.3 is 0 Å². The van der Waals surface area contributed by atoms with Gasteiger partial charge in [-0.25, -0.2) is 0 Å². The number of aryl methyl sites for hydroxylation is 1. The third-order valence-corrected chi connectivity index (χ3v) is 2.42. The Bertz CT molecular complexity index is 413. The van der Waals surface area contributed by atoms with Crippen LogP contribution in [0.4, 0.5) is 0 Å². The number of hydrogen-bond donors (Lipinski definition) is 3. The first-order valence-corrected chi connectivity index (χ1v) is 5.18. The molecule has 1 aromatic heterocycles. The minimum absolute atomic E-state index is 0.0945. The predicted molar refractivity (Wildman–Crippen MR) is 60.0 cm³/mol. The second-order valence-corrected chi connectivity index (χ2v) is 3.56. The lowest BCUT2D eigenvalue weighted by Gasteiger charge is -2.12. The van der Waals surface area contributed by atoms with Gasteiger partial charge in [0.25, 0.3) is 0 Å². The molecule has 1 rings (SSSR count). The molecule has 1 aromatic rings. The lowest BCUT2D eigenvalue weighted by Crippen LogP contribution is -2.38. The van der Waals surface area contributed by atoms with Gasteiger partial charge in [-0.05, 0) is 6.42 Å². The van der Waals surface area contributed by atoms with Gasteiger partial charge < -0.3 is 20.8 Å². The molecule has 0 saturated carbocycles. The number of nitrogens with two attached hydrogens (primary N) is 1. The molecule has 0 radical (unpaired) electrons. The van der Waals surface area contributed by atoms with E-state index in [0.717, 1.165) is 0 Å². The molecule has 1 heterocycles. The number of carbonyl (C=O) groups excluding carboxylic acids is 1. The Kier molecular flexibility index (Phi) is 4.44. The van der Waals surface area contributed by atoms with Crippen LogP contribution in [0, 0.1) is 5.92 Å². The van der Waals surface area contributed by atoms with E-state index in [-0.39, 0.29) is 18.3 Å². The topological polar surface area (TPSA) is 118 Å². The number of nitrogens with one attached hydrogen (secondary N) is 1. The fraction of sp³-hybridized carbons (Fsp3) is 0.556. The van der Waals surface area contributed by atoms with E-state index in [1.807, 2.05) is 0 Å². The Labute approximate surface area is 98.5 Å². The molecule has 0 spiro atoms. The summed E-state index contributed by atoms with van der Waals surface area (Å²) in [6.07, 6.45) is 2.00. The van der Waals surface area contributed by atoms with Crippen molar-refractivity contribution < 1.29 is 10.0 Å². The van der Waals surface area contributed by atoms with Crippen LogP contribution in [-0.2, 0) is 18.4 Å². The Hall–Kier alpha value is -2.12. The lowest BCUT2D eigenvalue weighted by molar-refractivity contribution is -0.123. The first kappa shape index (κ1) is 12.9. The second-order valence-electron chi connectivity index (χ2n) is 3.56. The Morgan fingerprint density at radius 2 is 2.47 bits per heavy atom. The maximum Gasteiger partial charge on any atom is 0.231 e. The van der Waals surface area contributed by atoms with E-state index in [2.05, 4.69) is 20.7 Å². The molecule has 0 fully saturated rings. The molecule has 8 nitrogen and oxygen atoms in total. The van der Waals surface area contributed by atoms with Crippen LogP contribution in [0.2, 0.25) is 0 Å². The van der Waals surface area contributed by atoms with Crippen LogP contribution < -0.4 is 11.1 Å². The van der Waals surface area contributed by atoms with Crippen LogP contribution in [0.15, 0.2) is 11.5 Å². The van der Waals surface area contributed by atoms with E-state index in [1.165, 1.54) is 0 Å². The maximum atomic E-state index is 11.7. The van der Waals surface area contributed by atoms with E-state index in [9.17, 15) is 4.79 Å². The highest BCUT2D eigenvalue weighted by Crippen LogP contribution is 2.03. The normalized spacial score (nSPS) is 13.4. The van der Waals surface area contributed by atoms with Crippen molar-refractivity contribution >= 4 is 11.7 Å². The highest BCUT2D eigenvalue weighted by molar-refractivity contribution is 6.01. The molecule has 94 valence electrons. The number of rotatable bonds is 5. The average Bonchev–Trinajstić information content (AvgIpc) is 2.72. The predicted octanol–water partition coefficient (Wildman–Crippen LogP) is -0.796. The highest BCUT2D eigenvalue weighted by Gasteiger charge is 2.21. The monoisotopic (exact) mass is 240 g/mol. The van der Waals surface area contributed by atoms with Gasteiger partial charge in [-0.15, -0.1) is 10.2 Å². The molecule has 4 N–H and O–H groups in total. The lowest BCUT2D eigenvalue weighted by atomic mass is 10.1. The first-order chi connectivity index (χ1) is 8.10. The first-order valence-electron chi connectivity index (χ1n) is 5.18. The van der Waals surface area contributed by atoms with Gasteiger partial charge in [0, 0.05) is 7.05 Å². The van der Waals surface area contributed by atoms with Gasteiger partial charge in [0.2, 0.25) is 5.91 Å². The molecule has 0 aliphatic heterocycles. The number of aromatic nitrogens is 3. The van der Waals surface area contributed by atoms with E-state index in [4.69, 9.17) is 10.9 Å². The third-order valence-electron chi connectivity index (χ3n) is 2.42. The van der Waals surface area contributed by atoms with E-state index in [0.29, 0.717) is 12.2 Å². The zero-order valence-electron chi connectivity index (χ0n) is 9.79. The Morgan fingerprint density at radius 3 is 2.94 bits per heavy atom. The van der Waals surface area contributed by atoms with Crippen LogP contribution in [0.3, 0.4) is 0 Å². The fourth-order valence-electron chi connectivity index (χ4n) is 1.36. The van der Waals surface area contributed by atoms with E-state index < -0.39 is 5.92 Å². The summed E-state index contributed by atoms with van der Waals surface area (Å²) in [7, 11) is 1.78. The summed E-state index contributed by atoms with van der Waals surface area (Å²) in [5.41, 5.74) is 5.41. The smallest absolute Gasteiger partial charge is 0.231 e. The maximum absolute atomic E-state index is 11.7. The average molecular weight is 240 g/mol. The van der Waals surface area contributed by atoms with E-state index >= 15 is 0 Å². The summed E-state index contributed by atoms with van der Waals surface area (Å²) >= 11 is 0. The van der Waals surface area contributed by atoms with Gasteiger partial charge in [0.05, 0.1) is 12.5 Å². The molecule has 0 aliphatic rings. The van der Waals surface area contributed by atoms with Crippen molar-refractivity contribution in [2.24, 2.45) is 23.9 Å². The van der Waals surface area contributed by atoms with Crippen molar-refractivity contribution in [1.29, 1.82) is 0 Å². The van der Waals surface area contributed by atoms with Crippen LogP contribution in [0.5, 0.6) is 0 Å². The minimum Gasteiger partial charge on any atom is -0.409 e. The van der Waals surface area contributed by atoms with Gasteiger partial charge in [-0.2, -0.15) is 0 Å². The number of carbonyl (C=O) groups is 1. The molecule has 1 unspecified atom stereocenters. The Morgan fingerprint density at radius 1 is 1.76 bits per heavy atom. The standard InChI is InChI=1S/C9H16N6O2/c1-3-6(8(10)14-17)9(16)11-4-7-13-12-5-15(7)2/h5-6,17H,3-4H2,1-2H3,(H2,10,14)(H,11,16). The number of hydrogen-bond acceptors (Lipinski definition) is 5. The van der Waals surface area contributed by atoms with Crippen molar-refractivity contribution in [1.82, 2.24) is 20.1 Å². The highest BCUT2D eigenvalue weighted by atomic mass is 16.4. The Balaban J connectivity index is 2.57. The van der Waals surface area contributed by atoms with Crippen molar-refractivity contribution in [2.45, 2.75) is 19.9 Å². The molecular formula is C9H16N6O2. The third kappa shape index (κ3) is 3.16. The van der Waals surface area contributed by atoms with Crippen LogP contribution in [0.1, 0.15) is 19.2 Å². The molecular weight excluding hydrogens is 224 g/mol. The van der Waals surface area contributed by atoms with Crippen molar-refractivity contribution in [2.75, 3.05) is 0 Å².